The molecular formula is C14H18Br2N2. The van der Waals surface area contributed by atoms with Crippen molar-refractivity contribution in [2.75, 3.05) is 11.9 Å². The van der Waals surface area contributed by atoms with Gasteiger partial charge in [-0.05, 0) is 76.7 Å². The van der Waals surface area contributed by atoms with E-state index in [1.807, 2.05) is 0 Å². The zero-order chi connectivity index (χ0) is 12.7. The number of rotatable bonds is 2. The Kier molecular flexibility index (Phi) is 3.70. The van der Waals surface area contributed by atoms with E-state index in [0.29, 0.717) is 18.1 Å². The molecule has 0 aromatic heterocycles. The minimum atomic E-state index is 0.691. The van der Waals surface area contributed by atoms with Crippen molar-refractivity contribution in [1.29, 1.82) is 0 Å². The van der Waals surface area contributed by atoms with Crippen LogP contribution in [0.1, 0.15) is 25.7 Å². The lowest BCUT2D eigenvalue weighted by atomic mass is 9.97. The third-order valence-electron chi connectivity index (χ3n) is 4.34. The molecule has 2 aliphatic heterocycles. The molecule has 2 unspecified atom stereocenters. The van der Waals surface area contributed by atoms with Crippen LogP contribution in [0, 0.1) is 0 Å². The van der Waals surface area contributed by atoms with E-state index in [9.17, 15) is 0 Å². The first-order valence-electron chi connectivity index (χ1n) is 6.60. The van der Waals surface area contributed by atoms with Gasteiger partial charge in [0.05, 0.1) is 5.69 Å². The Hall–Kier alpha value is -0.0600. The molecule has 4 heteroatoms. The molecule has 1 N–H and O–H groups in total. The molecule has 3 rings (SSSR count). The largest absolute Gasteiger partial charge is 0.364 e. The van der Waals surface area contributed by atoms with Crippen LogP contribution in [0.3, 0.4) is 0 Å². The van der Waals surface area contributed by atoms with Gasteiger partial charge < -0.3 is 10.2 Å². The fourth-order valence-electron chi connectivity index (χ4n) is 3.51. The number of hydrogen-bond donors (Lipinski definition) is 1. The number of nitrogens with zero attached hydrogens (tertiary/aromatic N) is 1. The summed E-state index contributed by atoms with van der Waals surface area (Å²) < 4.78 is 2.41. The highest BCUT2D eigenvalue weighted by Crippen LogP contribution is 2.45. The molecule has 1 aromatic carbocycles. The number of benzene rings is 1. The van der Waals surface area contributed by atoms with E-state index in [-0.39, 0.29) is 0 Å². The van der Waals surface area contributed by atoms with E-state index in [2.05, 4.69) is 67.3 Å². The van der Waals surface area contributed by atoms with Gasteiger partial charge in [0.15, 0.2) is 0 Å². The topological polar surface area (TPSA) is 15.3 Å². The van der Waals surface area contributed by atoms with Crippen LogP contribution in [-0.2, 0) is 0 Å². The number of hydrogen-bond acceptors (Lipinski definition) is 2. The highest BCUT2D eigenvalue weighted by atomic mass is 79.9. The summed E-state index contributed by atoms with van der Waals surface area (Å²) in [4.78, 5) is 2.64. The average Bonchev–Trinajstić information content (AvgIpc) is 2.61. The highest BCUT2D eigenvalue weighted by Gasteiger charge is 2.41. The molecule has 2 saturated heterocycles. The van der Waals surface area contributed by atoms with Crippen molar-refractivity contribution in [3.63, 3.8) is 0 Å². The summed E-state index contributed by atoms with van der Waals surface area (Å²) in [7, 11) is 2.09. The fourth-order valence-corrected chi connectivity index (χ4v) is 4.92. The Morgan fingerprint density at radius 3 is 2.17 bits per heavy atom. The minimum absolute atomic E-state index is 0.691. The van der Waals surface area contributed by atoms with Crippen LogP contribution in [0.15, 0.2) is 27.1 Å². The molecule has 0 amide bonds. The van der Waals surface area contributed by atoms with Crippen LogP contribution >= 0.6 is 31.9 Å². The molecule has 0 radical (unpaired) electrons. The van der Waals surface area contributed by atoms with Gasteiger partial charge in [-0.3, -0.25) is 0 Å². The maximum absolute atomic E-state index is 3.71. The normalized spacial score (nSPS) is 30.8. The lowest BCUT2D eigenvalue weighted by Gasteiger charge is -2.41. The van der Waals surface area contributed by atoms with Crippen LogP contribution < -0.4 is 10.2 Å². The summed E-state index contributed by atoms with van der Waals surface area (Å²) in [5.74, 6) is 0. The average molecular weight is 374 g/mol. The van der Waals surface area contributed by atoms with E-state index in [4.69, 9.17) is 0 Å². The summed E-state index contributed by atoms with van der Waals surface area (Å²) in [6, 6.07) is 8.44. The van der Waals surface area contributed by atoms with Crippen molar-refractivity contribution in [3.8, 4) is 0 Å². The van der Waals surface area contributed by atoms with E-state index < -0.39 is 0 Å². The van der Waals surface area contributed by atoms with Gasteiger partial charge in [0.1, 0.15) is 0 Å². The standard InChI is InChI=1S/C14H18Br2N2/c1-17-9-7-10-5-6-11(8-9)18(10)14-12(15)3-2-4-13(14)16/h2-4,9-11,17H,5-8H2,1H3. The van der Waals surface area contributed by atoms with E-state index in [0.717, 1.165) is 0 Å². The van der Waals surface area contributed by atoms with Crippen LogP contribution in [0.2, 0.25) is 0 Å². The van der Waals surface area contributed by atoms with Crippen molar-refractivity contribution in [2.24, 2.45) is 0 Å². The maximum atomic E-state index is 3.71. The summed E-state index contributed by atoms with van der Waals surface area (Å²) >= 11 is 7.42. The first-order valence-corrected chi connectivity index (χ1v) is 8.19. The second-order valence-corrected chi connectivity index (χ2v) is 7.03. The van der Waals surface area contributed by atoms with E-state index in [1.165, 1.54) is 40.3 Å². The third kappa shape index (κ3) is 2.12. The molecule has 98 valence electrons. The van der Waals surface area contributed by atoms with Crippen LogP contribution in [0.25, 0.3) is 0 Å². The molecule has 2 aliphatic rings. The Labute approximate surface area is 125 Å². The second kappa shape index (κ2) is 5.14. The lowest BCUT2D eigenvalue weighted by molar-refractivity contribution is 0.373. The monoisotopic (exact) mass is 372 g/mol. The summed E-state index contributed by atoms with van der Waals surface area (Å²) in [6.45, 7) is 0. The Bertz CT molecular complexity index is 415. The molecular weight excluding hydrogens is 356 g/mol. The SMILES string of the molecule is CNC1CC2CCC(C1)N2c1c(Br)cccc1Br. The second-order valence-electron chi connectivity index (χ2n) is 5.32. The van der Waals surface area contributed by atoms with Gasteiger partial charge >= 0.3 is 0 Å². The van der Waals surface area contributed by atoms with E-state index in [1.54, 1.807) is 0 Å². The third-order valence-corrected chi connectivity index (χ3v) is 5.62. The Balaban J connectivity index is 1.94. The van der Waals surface area contributed by atoms with Crippen LogP contribution in [-0.4, -0.2) is 25.2 Å². The molecule has 2 bridgehead atoms. The van der Waals surface area contributed by atoms with E-state index >= 15 is 0 Å². The van der Waals surface area contributed by atoms with Crippen molar-refractivity contribution in [3.05, 3.63) is 27.1 Å². The van der Waals surface area contributed by atoms with Crippen LogP contribution in [0.5, 0.6) is 0 Å². The summed E-state index contributed by atoms with van der Waals surface area (Å²) in [6.07, 6.45) is 5.19. The first-order chi connectivity index (χ1) is 8.70. The number of piperidine rings is 1. The van der Waals surface area contributed by atoms with Gasteiger partial charge in [0, 0.05) is 27.1 Å². The molecule has 0 spiro atoms. The number of anilines is 1. The predicted molar refractivity (Wildman–Crippen MR) is 83.2 cm³/mol. The molecule has 18 heavy (non-hydrogen) atoms. The van der Waals surface area contributed by atoms with Crippen LogP contribution in [0.4, 0.5) is 5.69 Å². The molecule has 0 aliphatic carbocycles. The molecule has 2 fully saturated rings. The highest BCUT2D eigenvalue weighted by molar-refractivity contribution is 9.11. The number of fused-ring (bicyclic) bond motifs is 2. The molecule has 2 atom stereocenters. The number of nitrogens with one attached hydrogen (secondary N) is 1. The van der Waals surface area contributed by atoms with Crippen molar-refractivity contribution < 1.29 is 0 Å². The molecule has 0 saturated carbocycles. The first kappa shape index (κ1) is 12.9. The van der Waals surface area contributed by atoms with Gasteiger partial charge in [-0.2, -0.15) is 0 Å². The van der Waals surface area contributed by atoms with Crippen molar-refractivity contribution in [2.45, 2.75) is 43.8 Å². The smallest absolute Gasteiger partial charge is 0.0660 e. The van der Waals surface area contributed by atoms with Gasteiger partial charge in [-0.25, -0.2) is 0 Å². The number of halogens is 2. The molecule has 2 heterocycles. The zero-order valence-corrected chi connectivity index (χ0v) is 13.7. The Morgan fingerprint density at radius 1 is 1.11 bits per heavy atom. The minimum Gasteiger partial charge on any atom is -0.364 e. The predicted octanol–water partition coefficient (Wildman–Crippen LogP) is 3.93. The quantitative estimate of drug-likeness (QED) is 0.844. The zero-order valence-electron chi connectivity index (χ0n) is 10.5. The molecule has 1 aromatic rings. The summed E-state index contributed by atoms with van der Waals surface area (Å²) in [5.41, 5.74) is 1.35. The summed E-state index contributed by atoms with van der Waals surface area (Å²) in [5, 5.41) is 3.46. The van der Waals surface area contributed by atoms with Gasteiger partial charge in [-0.15, -0.1) is 0 Å². The fraction of sp³-hybridized carbons (Fsp3) is 0.571. The number of para-hydroxylation sites is 1. The lowest BCUT2D eigenvalue weighted by Crippen LogP contribution is -2.48. The van der Waals surface area contributed by atoms with Crippen molar-refractivity contribution in [1.82, 2.24) is 5.32 Å². The van der Waals surface area contributed by atoms with Crippen molar-refractivity contribution >= 4 is 37.5 Å². The molecule has 2 nitrogen and oxygen atoms in total. The van der Waals surface area contributed by atoms with Gasteiger partial charge in [-0.1, -0.05) is 6.07 Å². The maximum Gasteiger partial charge on any atom is 0.0660 e. The van der Waals surface area contributed by atoms with Gasteiger partial charge in [0.2, 0.25) is 0 Å². The Morgan fingerprint density at radius 2 is 1.67 bits per heavy atom. The van der Waals surface area contributed by atoms with Gasteiger partial charge in [0.25, 0.3) is 0 Å².